The number of rotatable bonds is 4. The molecule has 0 bridgehead atoms. The van der Waals surface area contributed by atoms with Gasteiger partial charge < -0.3 is 4.74 Å². The zero-order chi connectivity index (χ0) is 13.0. The second-order valence-electron chi connectivity index (χ2n) is 5.62. The van der Waals surface area contributed by atoms with E-state index in [0.29, 0.717) is 5.92 Å². The summed E-state index contributed by atoms with van der Waals surface area (Å²) in [4.78, 5) is 0. The molecule has 0 radical (unpaired) electrons. The first kappa shape index (κ1) is 13.4. The van der Waals surface area contributed by atoms with Gasteiger partial charge in [0.05, 0.1) is 0 Å². The second-order valence-corrected chi connectivity index (χ2v) is 5.62. The molecule has 0 heterocycles. The Morgan fingerprint density at radius 1 is 1.17 bits per heavy atom. The molecule has 100 valence electrons. The molecule has 1 aliphatic rings. The smallest absolute Gasteiger partial charge is 0.131 e. The van der Waals surface area contributed by atoms with E-state index in [9.17, 15) is 4.39 Å². The largest absolute Gasteiger partial charge is 0.491 e. The van der Waals surface area contributed by atoms with E-state index < -0.39 is 6.17 Å². The molecule has 1 unspecified atom stereocenters. The monoisotopic (exact) mass is 250 g/mol. The SMILES string of the molecule is CC(F)COc1ccc([C@H]2CC[C@H](C)CC2)cc1. The number of hydrogen-bond donors (Lipinski definition) is 0. The van der Waals surface area contributed by atoms with Crippen molar-refractivity contribution in [1.29, 1.82) is 0 Å². The summed E-state index contributed by atoms with van der Waals surface area (Å²) in [6.07, 6.45) is 4.35. The molecule has 0 aliphatic heterocycles. The Bertz CT molecular complexity index is 350. The van der Waals surface area contributed by atoms with Crippen LogP contribution in [0.25, 0.3) is 0 Å². The first-order valence-corrected chi connectivity index (χ1v) is 7.02. The molecule has 1 aliphatic carbocycles. The summed E-state index contributed by atoms with van der Waals surface area (Å²) >= 11 is 0. The van der Waals surface area contributed by atoms with Crippen LogP contribution in [0.2, 0.25) is 0 Å². The molecule has 1 aromatic carbocycles. The lowest BCUT2D eigenvalue weighted by Crippen LogP contribution is -2.11. The van der Waals surface area contributed by atoms with Crippen LogP contribution in [0.15, 0.2) is 24.3 Å². The number of alkyl halides is 1. The molecule has 1 atom stereocenters. The quantitative estimate of drug-likeness (QED) is 0.751. The molecule has 18 heavy (non-hydrogen) atoms. The predicted octanol–water partition coefficient (Wildman–Crippen LogP) is 4.72. The van der Waals surface area contributed by atoms with Crippen molar-refractivity contribution in [3.8, 4) is 5.75 Å². The first-order valence-electron chi connectivity index (χ1n) is 7.02. The molecule has 2 heteroatoms. The van der Waals surface area contributed by atoms with Crippen LogP contribution in [0.5, 0.6) is 5.75 Å². The van der Waals surface area contributed by atoms with E-state index in [1.807, 2.05) is 12.1 Å². The van der Waals surface area contributed by atoms with Gasteiger partial charge in [0.15, 0.2) is 0 Å². The van der Waals surface area contributed by atoms with Gasteiger partial charge in [0.25, 0.3) is 0 Å². The van der Waals surface area contributed by atoms with E-state index in [1.54, 1.807) is 0 Å². The fourth-order valence-corrected chi connectivity index (χ4v) is 2.64. The minimum atomic E-state index is -0.912. The molecule has 1 saturated carbocycles. The summed E-state index contributed by atoms with van der Waals surface area (Å²) in [5.41, 5.74) is 1.41. The number of ether oxygens (including phenoxy) is 1. The highest BCUT2D eigenvalue weighted by atomic mass is 19.1. The molecule has 1 nitrogen and oxygen atoms in total. The van der Waals surface area contributed by atoms with E-state index in [2.05, 4.69) is 19.1 Å². The van der Waals surface area contributed by atoms with Crippen molar-refractivity contribution in [2.75, 3.05) is 6.61 Å². The highest BCUT2D eigenvalue weighted by Gasteiger charge is 2.19. The molecule has 0 N–H and O–H groups in total. The van der Waals surface area contributed by atoms with Gasteiger partial charge in [-0.25, -0.2) is 4.39 Å². The standard InChI is InChI=1S/C16H23FO/c1-12-3-5-14(6-4-12)15-7-9-16(10-8-15)18-11-13(2)17/h7-10,12-14H,3-6,11H2,1-2H3/t12-,13?,14-. The maximum Gasteiger partial charge on any atom is 0.131 e. The van der Waals surface area contributed by atoms with Gasteiger partial charge in [-0.1, -0.05) is 31.9 Å². The van der Waals surface area contributed by atoms with Gasteiger partial charge in [0.1, 0.15) is 18.5 Å². The van der Waals surface area contributed by atoms with Crippen LogP contribution < -0.4 is 4.74 Å². The first-order chi connectivity index (χ1) is 8.65. The van der Waals surface area contributed by atoms with Crippen LogP contribution in [0.4, 0.5) is 4.39 Å². The van der Waals surface area contributed by atoms with Gasteiger partial charge in [-0.05, 0) is 49.3 Å². The highest BCUT2D eigenvalue weighted by molar-refractivity contribution is 5.29. The zero-order valence-electron chi connectivity index (χ0n) is 11.4. The second kappa shape index (κ2) is 6.21. The molecule has 1 fully saturated rings. The number of benzene rings is 1. The summed E-state index contributed by atoms with van der Waals surface area (Å²) in [6, 6.07) is 8.21. The van der Waals surface area contributed by atoms with Crippen molar-refractivity contribution in [2.24, 2.45) is 5.92 Å². The van der Waals surface area contributed by atoms with E-state index >= 15 is 0 Å². The van der Waals surface area contributed by atoms with Gasteiger partial charge in [-0.2, -0.15) is 0 Å². The zero-order valence-corrected chi connectivity index (χ0v) is 11.4. The fourth-order valence-electron chi connectivity index (χ4n) is 2.64. The Morgan fingerprint density at radius 2 is 1.78 bits per heavy atom. The van der Waals surface area contributed by atoms with Crippen molar-refractivity contribution in [1.82, 2.24) is 0 Å². The summed E-state index contributed by atoms with van der Waals surface area (Å²) in [5.74, 6) is 2.36. The van der Waals surface area contributed by atoms with Crippen LogP contribution in [-0.2, 0) is 0 Å². The Hall–Kier alpha value is -1.05. The molecule has 0 aromatic heterocycles. The van der Waals surface area contributed by atoms with Crippen molar-refractivity contribution in [3.05, 3.63) is 29.8 Å². The third-order valence-electron chi connectivity index (χ3n) is 3.85. The maximum atomic E-state index is 12.7. The van der Waals surface area contributed by atoms with Crippen molar-refractivity contribution < 1.29 is 9.13 Å². The number of hydrogen-bond acceptors (Lipinski definition) is 1. The third kappa shape index (κ3) is 3.72. The normalized spacial score (nSPS) is 25.7. The molecule has 0 saturated heterocycles. The van der Waals surface area contributed by atoms with Crippen molar-refractivity contribution in [3.63, 3.8) is 0 Å². The molecular formula is C16H23FO. The van der Waals surface area contributed by atoms with E-state index in [1.165, 1.54) is 38.2 Å². The van der Waals surface area contributed by atoms with E-state index in [-0.39, 0.29) is 6.61 Å². The molecule has 2 rings (SSSR count). The minimum absolute atomic E-state index is 0.139. The molecule has 0 spiro atoms. The van der Waals surface area contributed by atoms with Crippen LogP contribution >= 0.6 is 0 Å². The van der Waals surface area contributed by atoms with Crippen LogP contribution in [0, 0.1) is 5.92 Å². The maximum absolute atomic E-state index is 12.7. The van der Waals surface area contributed by atoms with Gasteiger partial charge in [0, 0.05) is 0 Å². The van der Waals surface area contributed by atoms with E-state index in [0.717, 1.165) is 11.7 Å². The summed E-state index contributed by atoms with van der Waals surface area (Å²) in [6.45, 7) is 3.99. The van der Waals surface area contributed by atoms with Gasteiger partial charge in [-0.3, -0.25) is 0 Å². The van der Waals surface area contributed by atoms with Gasteiger partial charge in [0.2, 0.25) is 0 Å². The third-order valence-corrected chi connectivity index (χ3v) is 3.85. The van der Waals surface area contributed by atoms with Crippen LogP contribution in [0.3, 0.4) is 0 Å². The van der Waals surface area contributed by atoms with Crippen molar-refractivity contribution in [2.45, 2.75) is 51.6 Å². The summed E-state index contributed by atoms with van der Waals surface area (Å²) in [5, 5.41) is 0. The molecule has 0 amide bonds. The predicted molar refractivity (Wildman–Crippen MR) is 72.9 cm³/mol. The average molecular weight is 250 g/mol. The Labute approximate surface area is 109 Å². The fraction of sp³-hybridized carbons (Fsp3) is 0.625. The topological polar surface area (TPSA) is 9.23 Å². The highest BCUT2D eigenvalue weighted by Crippen LogP contribution is 2.35. The number of halogens is 1. The average Bonchev–Trinajstić information content (AvgIpc) is 2.38. The lowest BCUT2D eigenvalue weighted by Gasteiger charge is -2.26. The van der Waals surface area contributed by atoms with Crippen LogP contribution in [-0.4, -0.2) is 12.8 Å². The van der Waals surface area contributed by atoms with Crippen LogP contribution in [0.1, 0.15) is 51.0 Å². The van der Waals surface area contributed by atoms with Gasteiger partial charge >= 0.3 is 0 Å². The Kier molecular flexibility index (Phi) is 4.62. The molecule has 1 aromatic rings. The summed E-state index contributed by atoms with van der Waals surface area (Å²) in [7, 11) is 0. The van der Waals surface area contributed by atoms with Crippen molar-refractivity contribution >= 4 is 0 Å². The molecular weight excluding hydrogens is 227 g/mol. The van der Waals surface area contributed by atoms with Gasteiger partial charge in [-0.15, -0.1) is 0 Å². The van der Waals surface area contributed by atoms with E-state index in [4.69, 9.17) is 4.74 Å². The Morgan fingerprint density at radius 3 is 2.33 bits per heavy atom. The minimum Gasteiger partial charge on any atom is -0.491 e. The Balaban J connectivity index is 1.91. The lowest BCUT2D eigenvalue weighted by atomic mass is 9.79. The lowest BCUT2D eigenvalue weighted by molar-refractivity contribution is 0.209. The summed E-state index contributed by atoms with van der Waals surface area (Å²) < 4.78 is 18.0.